The number of amides is 2. The van der Waals surface area contributed by atoms with Crippen LogP contribution in [0, 0.1) is 0 Å². The third-order valence-electron chi connectivity index (χ3n) is 7.41. The molecule has 2 amide bonds. The maximum Gasteiger partial charge on any atom is 0.433 e. The molecule has 2 fully saturated rings. The van der Waals surface area contributed by atoms with Crippen molar-refractivity contribution >= 4 is 46.7 Å². The van der Waals surface area contributed by atoms with E-state index in [1.54, 1.807) is 30.2 Å². The quantitative estimate of drug-likeness (QED) is 0.390. The molecule has 5 heterocycles. The van der Waals surface area contributed by atoms with Crippen LogP contribution in [0.3, 0.4) is 0 Å². The molecule has 0 atom stereocenters. The van der Waals surface area contributed by atoms with Gasteiger partial charge < -0.3 is 34.1 Å². The lowest BCUT2D eigenvalue weighted by Gasteiger charge is -2.37. The Balaban J connectivity index is 1.50. The van der Waals surface area contributed by atoms with E-state index in [1.165, 1.54) is 0 Å². The van der Waals surface area contributed by atoms with Crippen molar-refractivity contribution in [2.45, 2.75) is 52.4 Å². The number of hydrogen-bond acceptors (Lipinski definition) is 10. The molecule has 250 valence electrons. The number of fused-ring (bicyclic) bond motifs is 1. The van der Waals surface area contributed by atoms with Crippen molar-refractivity contribution in [3.05, 3.63) is 39.0 Å². The molecule has 18 heteroatoms. The Kier molecular flexibility index (Phi) is 9.35. The first-order valence-electron chi connectivity index (χ1n) is 14.8. The topological polar surface area (TPSA) is 139 Å². The summed E-state index contributed by atoms with van der Waals surface area (Å²) >= 11 is 5.98. The molecule has 3 aromatic heterocycles. The van der Waals surface area contributed by atoms with Crippen molar-refractivity contribution in [3.63, 3.8) is 0 Å². The lowest BCUT2D eigenvalue weighted by Crippen LogP contribution is -2.51. The van der Waals surface area contributed by atoms with Crippen LogP contribution in [-0.4, -0.2) is 99.1 Å². The van der Waals surface area contributed by atoms with E-state index in [-0.39, 0.29) is 18.0 Å². The molecule has 0 aliphatic carbocycles. The van der Waals surface area contributed by atoms with Crippen LogP contribution in [0.1, 0.15) is 39.1 Å². The Morgan fingerprint density at radius 2 is 1.70 bits per heavy atom. The number of ether oxygens (including phenoxy) is 2. The number of morpholine rings is 1. The molecular formula is C28H35ClF3N9O5. The summed E-state index contributed by atoms with van der Waals surface area (Å²) in [7, 11) is 0. The van der Waals surface area contributed by atoms with Gasteiger partial charge in [-0.25, -0.2) is 9.78 Å². The van der Waals surface area contributed by atoms with Gasteiger partial charge in [-0.2, -0.15) is 22.7 Å². The molecule has 1 N–H and O–H groups in total. The fourth-order valence-corrected chi connectivity index (χ4v) is 5.48. The van der Waals surface area contributed by atoms with E-state index < -0.39 is 40.2 Å². The van der Waals surface area contributed by atoms with Crippen molar-refractivity contribution in [2.75, 3.05) is 67.6 Å². The van der Waals surface area contributed by atoms with Gasteiger partial charge in [-0.1, -0.05) is 18.5 Å². The van der Waals surface area contributed by atoms with E-state index in [4.69, 9.17) is 21.1 Å². The van der Waals surface area contributed by atoms with Crippen molar-refractivity contribution in [3.8, 4) is 0 Å². The summed E-state index contributed by atoms with van der Waals surface area (Å²) in [4.78, 5) is 53.3. The lowest BCUT2D eigenvalue weighted by atomic mass is 10.2. The number of carbonyl (C=O) groups is 2. The van der Waals surface area contributed by atoms with Gasteiger partial charge in [0, 0.05) is 39.3 Å². The monoisotopic (exact) mass is 669 g/mol. The first-order valence-corrected chi connectivity index (χ1v) is 15.2. The summed E-state index contributed by atoms with van der Waals surface area (Å²) in [5, 5.41) is 6.51. The van der Waals surface area contributed by atoms with Crippen LogP contribution in [0.4, 0.5) is 35.3 Å². The molecule has 0 unspecified atom stereocenters. The predicted molar refractivity (Wildman–Crippen MR) is 163 cm³/mol. The Morgan fingerprint density at radius 1 is 1.02 bits per heavy atom. The van der Waals surface area contributed by atoms with E-state index in [9.17, 15) is 27.6 Å². The number of carbonyl (C=O) groups excluding carboxylic acids is 2. The second-order valence-corrected chi connectivity index (χ2v) is 12.2. The fourth-order valence-electron chi connectivity index (χ4n) is 5.27. The molecule has 2 aliphatic heterocycles. The minimum atomic E-state index is -4.70. The maximum absolute atomic E-state index is 14.0. The first-order chi connectivity index (χ1) is 21.7. The van der Waals surface area contributed by atoms with Crippen LogP contribution in [-0.2, 0) is 33.4 Å². The van der Waals surface area contributed by atoms with E-state index >= 15 is 0 Å². The van der Waals surface area contributed by atoms with E-state index in [1.807, 2.05) is 16.7 Å². The van der Waals surface area contributed by atoms with Gasteiger partial charge >= 0.3 is 12.3 Å². The van der Waals surface area contributed by atoms with Gasteiger partial charge in [-0.3, -0.25) is 9.59 Å². The first kappa shape index (κ1) is 33.2. The molecule has 5 rings (SSSR count). The van der Waals surface area contributed by atoms with Crippen molar-refractivity contribution in [1.82, 2.24) is 29.0 Å². The predicted octanol–water partition coefficient (Wildman–Crippen LogP) is 3.05. The summed E-state index contributed by atoms with van der Waals surface area (Å²) in [6.45, 7) is 9.97. The second-order valence-electron chi connectivity index (χ2n) is 11.8. The van der Waals surface area contributed by atoms with E-state index in [0.29, 0.717) is 76.2 Å². The highest BCUT2D eigenvalue weighted by Gasteiger charge is 2.34. The maximum atomic E-state index is 14.0. The largest absolute Gasteiger partial charge is 0.444 e. The van der Waals surface area contributed by atoms with Crippen molar-refractivity contribution in [1.29, 1.82) is 0 Å². The van der Waals surface area contributed by atoms with Crippen LogP contribution >= 0.6 is 11.6 Å². The zero-order valence-electron chi connectivity index (χ0n) is 25.9. The zero-order chi connectivity index (χ0) is 33.4. The number of nitrogens with one attached hydrogen (secondary N) is 1. The highest BCUT2D eigenvalue weighted by Crippen LogP contribution is 2.31. The Bertz CT molecular complexity index is 1670. The van der Waals surface area contributed by atoms with Gasteiger partial charge in [0.2, 0.25) is 17.6 Å². The molecule has 0 radical (unpaired) electrons. The molecule has 0 aromatic carbocycles. The van der Waals surface area contributed by atoms with E-state index in [2.05, 4.69) is 20.4 Å². The Morgan fingerprint density at radius 3 is 2.28 bits per heavy atom. The van der Waals surface area contributed by atoms with E-state index in [0.717, 1.165) is 16.6 Å². The van der Waals surface area contributed by atoms with Crippen molar-refractivity contribution < 1.29 is 32.2 Å². The smallest absolute Gasteiger partial charge is 0.433 e. The Labute approximate surface area is 267 Å². The highest BCUT2D eigenvalue weighted by molar-refractivity contribution is 6.32. The number of nitrogens with zero attached hydrogens (tertiary/aromatic N) is 8. The van der Waals surface area contributed by atoms with Gasteiger partial charge in [0.25, 0.3) is 5.56 Å². The third-order valence-corrected chi connectivity index (χ3v) is 7.69. The van der Waals surface area contributed by atoms with Crippen LogP contribution < -0.4 is 20.7 Å². The minimum Gasteiger partial charge on any atom is -0.444 e. The van der Waals surface area contributed by atoms with Gasteiger partial charge in [0.1, 0.15) is 23.5 Å². The molecule has 2 saturated heterocycles. The third kappa shape index (κ3) is 7.14. The van der Waals surface area contributed by atoms with Crippen molar-refractivity contribution in [2.24, 2.45) is 0 Å². The number of aromatic nitrogens is 5. The molecule has 14 nitrogen and oxygen atoms in total. The molecular weight excluding hydrogens is 635 g/mol. The number of halogens is 4. The second kappa shape index (κ2) is 12.9. The summed E-state index contributed by atoms with van der Waals surface area (Å²) in [5.41, 5.74) is -1.59. The number of piperazine rings is 1. The standard InChI is InChI=1S/C28H35ClF3N9O5/c1-5-18-21(37-8-10-39(11-9-37)26(44)46-27(2,3)4)23(43)41-25(35-24(36-41)38-12-14-45-15-13-38)40(18)16-20(42)33-17-6-7-19(28(30,31)32)34-22(17)29/h6-7H,5,8-16H2,1-4H3,(H,33,42). The highest BCUT2D eigenvalue weighted by atomic mass is 35.5. The molecule has 0 spiro atoms. The van der Waals surface area contributed by atoms with Gasteiger partial charge in [-0.15, -0.1) is 5.10 Å². The number of hydrogen-bond donors (Lipinski definition) is 1. The average molecular weight is 670 g/mol. The van der Waals surface area contributed by atoms with Crippen LogP contribution in [0.25, 0.3) is 5.78 Å². The molecule has 46 heavy (non-hydrogen) atoms. The zero-order valence-corrected chi connectivity index (χ0v) is 26.6. The molecule has 3 aromatic rings. The van der Waals surface area contributed by atoms with Crippen LogP contribution in [0.5, 0.6) is 0 Å². The number of alkyl halides is 3. The van der Waals surface area contributed by atoms with Gasteiger partial charge in [0.05, 0.1) is 24.6 Å². The molecule has 0 bridgehead atoms. The number of pyridine rings is 1. The molecule has 0 saturated carbocycles. The molecule has 2 aliphatic rings. The minimum absolute atomic E-state index is 0.108. The van der Waals surface area contributed by atoms with Gasteiger partial charge in [-0.05, 0) is 39.3 Å². The van der Waals surface area contributed by atoms with Crippen LogP contribution in [0.15, 0.2) is 16.9 Å². The van der Waals surface area contributed by atoms with Gasteiger partial charge in [0.15, 0.2) is 5.15 Å². The summed E-state index contributed by atoms with van der Waals surface area (Å²) in [5.74, 6) is -0.231. The summed E-state index contributed by atoms with van der Waals surface area (Å²) < 4.78 is 52.9. The number of anilines is 3. The summed E-state index contributed by atoms with van der Waals surface area (Å²) in [6.07, 6.45) is -4.83. The van der Waals surface area contributed by atoms with Crippen LogP contribution in [0.2, 0.25) is 5.15 Å². The fraction of sp³-hybridized carbons (Fsp3) is 0.571. The Hall–Kier alpha value is -4.12. The normalized spacial score (nSPS) is 16.2. The average Bonchev–Trinajstić information content (AvgIpc) is 3.45. The SMILES string of the molecule is CCc1c(N2CCN(C(=O)OC(C)(C)C)CC2)c(=O)n2nc(N3CCOCC3)nc2n1CC(=O)Nc1ccc(C(F)(F)F)nc1Cl. The summed E-state index contributed by atoms with van der Waals surface area (Å²) in [6, 6.07) is 1.75. The lowest BCUT2D eigenvalue weighted by molar-refractivity contribution is -0.141. The number of rotatable bonds is 6.